The fourth-order valence-corrected chi connectivity index (χ4v) is 4.07. The van der Waals surface area contributed by atoms with E-state index in [1.54, 1.807) is 30.3 Å². The molecule has 3 N–H and O–H groups in total. The molecule has 1 fully saturated rings. The lowest BCUT2D eigenvalue weighted by molar-refractivity contribution is 0.0930. The first-order valence-corrected chi connectivity index (χ1v) is 10.1. The zero-order valence-electron chi connectivity index (χ0n) is 15.1. The molecule has 0 aromatic heterocycles. The summed E-state index contributed by atoms with van der Waals surface area (Å²) in [4.78, 5) is 12.5. The molecule has 2 aromatic rings. The standard InChI is InChI=1S/C19H23N3O3S.ClH/c1-14-5-2-7-16(11-14)22-26(24,25)18-9-3-6-15(12-18)19(23)21-17-8-4-10-20-13-17;/h2-3,5-7,9,11-12,17,20,22H,4,8,10,13H2,1H3,(H,21,23);1H/t17-;/m0./s1. The molecule has 0 saturated carbocycles. The van der Waals surface area contributed by atoms with Gasteiger partial charge in [0.1, 0.15) is 0 Å². The van der Waals surface area contributed by atoms with Crippen LogP contribution in [-0.4, -0.2) is 33.5 Å². The van der Waals surface area contributed by atoms with Gasteiger partial charge in [-0.2, -0.15) is 0 Å². The van der Waals surface area contributed by atoms with Crippen LogP contribution in [0.3, 0.4) is 0 Å². The van der Waals surface area contributed by atoms with Crippen molar-refractivity contribution in [2.45, 2.75) is 30.7 Å². The van der Waals surface area contributed by atoms with E-state index in [1.165, 1.54) is 12.1 Å². The Balaban J connectivity index is 0.00000261. The highest BCUT2D eigenvalue weighted by Gasteiger charge is 2.19. The maximum absolute atomic E-state index is 12.6. The van der Waals surface area contributed by atoms with Crippen molar-refractivity contribution in [3.05, 3.63) is 59.7 Å². The van der Waals surface area contributed by atoms with Gasteiger partial charge in [-0.15, -0.1) is 12.4 Å². The van der Waals surface area contributed by atoms with E-state index in [4.69, 9.17) is 0 Å². The number of hydrogen-bond donors (Lipinski definition) is 3. The molecule has 1 heterocycles. The fourth-order valence-electron chi connectivity index (χ4n) is 2.97. The van der Waals surface area contributed by atoms with Gasteiger partial charge in [0.2, 0.25) is 0 Å². The van der Waals surface area contributed by atoms with Crippen molar-refractivity contribution in [2.24, 2.45) is 0 Å². The Kier molecular flexibility index (Phi) is 7.24. The van der Waals surface area contributed by atoms with Gasteiger partial charge in [-0.25, -0.2) is 8.42 Å². The van der Waals surface area contributed by atoms with E-state index in [0.717, 1.165) is 31.5 Å². The van der Waals surface area contributed by atoms with Gasteiger partial charge >= 0.3 is 0 Å². The SMILES string of the molecule is Cc1cccc(NS(=O)(=O)c2cccc(C(=O)N[C@H]3CCCNC3)c2)c1.Cl. The number of anilines is 1. The van der Waals surface area contributed by atoms with Crippen LogP contribution in [0.1, 0.15) is 28.8 Å². The molecule has 146 valence electrons. The van der Waals surface area contributed by atoms with Gasteiger partial charge < -0.3 is 10.6 Å². The first-order valence-electron chi connectivity index (χ1n) is 8.65. The van der Waals surface area contributed by atoms with Crippen LogP contribution in [0.5, 0.6) is 0 Å². The maximum Gasteiger partial charge on any atom is 0.261 e. The normalized spacial score (nSPS) is 16.9. The predicted octanol–water partition coefficient (Wildman–Crippen LogP) is 2.70. The van der Waals surface area contributed by atoms with Gasteiger partial charge in [-0.3, -0.25) is 9.52 Å². The number of amides is 1. The average Bonchev–Trinajstić information content (AvgIpc) is 2.62. The number of benzene rings is 2. The molecule has 27 heavy (non-hydrogen) atoms. The second kappa shape index (κ2) is 9.21. The summed E-state index contributed by atoms with van der Waals surface area (Å²) in [5, 5.41) is 6.19. The Bertz CT molecular complexity index is 897. The smallest absolute Gasteiger partial charge is 0.261 e. The number of carbonyl (C=O) groups is 1. The summed E-state index contributed by atoms with van der Waals surface area (Å²) in [6.07, 6.45) is 1.94. The summed E-state index contributed by atoms with van der Waals surface area (Å²) in [5.74, 6) is -0.258. The van der Waals surface area contributed by atoms with Crippen LogP contribution in [-0.2, 0) is 10.0 Å². The highest BCUT2D eigenvalue weighted by molar-refractivity contribution is 7.92. The molecule has 0 bridgehead atoms. The number of hydrogen-bond acceptors (Lipinski definition) is 4. The third kappa shape index (κ3) is 5.69. The molecular formula is C19H24ClN3O3S. The minimum atomic E-state index is -3.76. The molecule has 6 nitrogen and oxygen atoms in total. The molecule has 0 aliphatic carbocycles. The third-order valence-electron chi connectivity index (χ3n) is 4.31. The Morgan fingerprint density at radius 3 is 2.63 bits per heavy atom. The molecular weight excluding hydrogens is 386 g/mol. The van der Waals surface area contributed by atoms with Crippen molar-refractivity contribution in [3.63, 3.8) is 0 Å². The van der Waals surface area contributed by atoms with Gasteiger partial charge in [0.05, 0.1) is 4.90 Å². The van der Waals surface area contributed by atoms with E-state index in [1.807, 2.05) is 13.0 Å². The van der Waals surface area contributed by atoms with Crippen LogP contribution in [0.15, 0.2) is 53.4 Å². The predicted molar refractivity (Wildman–Crippen MR) is 109 cm³/mol. The highest BCUT2D eigenvalue weighted by atomic mass is 35.5. The summed E-state index contributed by atoms with van der Waals surface area (Å²) in [6, 6.07) is 13.3. The molecule has 2 aromatic carbocycles. The Labute approximate surface area is 166 Å². The van der Waals surface area contributed by atoms with Crippen LogP contribution in [0.4, 0.5) is 5.69 Å². The number of halogens is 1. The Morgan fingerprint density at radius 2 is 1.93 bits per heavy atom. The summed E-state index contributed by atoms with van der Waals surface area (Å²) in [6.45, 7) is 3.59. The lowest BCUT2D eigenvalue weighted by Crippen LogP contribution is -2.45. The maximum atomic E-state index is 12.6. The van der Waals surface area contributed by atoms with E-state index >= 15 is 0 Å². The zero-order valence-corrected chi connectivity index (χ0v) is 16.7. The summed E-state index contributed by atoms with van der Waals surface area (Å²) in [7, 11) is -3.76. The molecule has 8 heteroatoms. The summed E-state index contributed by atoms with van der Waals surface area (Å²) < 4.78 is 27.8. The molecule has 0 unspecified atom stereocenters. The monoisotopic (exact) mass is 409 g/mol. The van der Waals surface area contributed by atoms with Crippen LogP contribution >= 0.6 is 12.4 Å². The largest absolute Gasteiger partial charge is 0.348 e. The number of rotatable bonds is 5. The summed E-state index contributed by atoms with van der Waals surface area (Å²) in [5.41, 5.74) is 1.79. The van der Waals surface area contributed by atoms with Crippen LogP contribution in [0.2, 0.25) is 0 Å². The van der Waals surface area contributed by atoms with Gasteiger partial charge in [-0.1, -0.05) is 18.2 Å². The van der Waals surface area contributed by atoms with E-state index < -0.39 is 10.0 Å². The van der Waals surface area contributed by atoms with Gasteiger partial charge in [-0.05, 0) is 62.2 Å². The van der Waals surface area contributed by atoms with Crippen molar-refractivity contribution in [1.82, 2.24) is 10.6 Å². The van der Waals surface area contributed by atoms with Crippen molar-refractivity contribution in [1.29, 1.82) is 0 Å². The quantitative estimate of drug-likeness (QED) is 0.708. The van der Waals surface area contributed by atoms with Crippen LogP contribution < -0.4 is 15.4 Å². The number of carbonyl (C=O) groups excluding carboxylic acids is 1. The van der Waals surface area contributed by atoms with E-state index in [2.05, 4.69) is 15.4 Å². The first-order chi connectivity index (χ1) is 12.4. The van der Waals surface area contributed by atoms with E-state index in [9.17, 15) is 13.2 Å². The first kappa shape index (κ1) is 21.2. The number of piperidine rings is 1. The highest BCUT2D eigenvalue weighted by Crippen LogP contribution is 2.18. The molecule has 1 saturated heterocycles. The van der Waals surface area contributed by atoms with Gasteiger partial charge in [0, 0.05) is 23.8 Å². The average molecular weight is 410 g/mol. The number of aryl methyl sites for hydroxylation is 1. The fraction of sp³-hybridized carbons (Fsp3) is 0.316. The molecule has 3 rings (SSSR count). The lowest BCUT2D eigenvalue weighted by atomic mass is 10.1. The second-order valence-corrected chi connectivity index (χ2v) is 8.20. The van der Waals surface area contributed by atoms with Crippen molar-refractivity contribution in [3.8, 4) is 0 Å². The van der Waals surface area contributed by atoms with Crippen molar-refractivity contribution >= 4 is 34.0 Å². The van der Waals surface area contributed by atoms with Gasteiger partial charge in [0.25, 0.3) is 15.9 Å². The minimum absolute atomic E-state index is 0. The van der Waals surface area contributed by atoms with Gasteiger partial charge in [0.15, 0.2) is 0 Å². The second-order valence-electron chi connectivity index (χ2n) is 6.52. The molecule has 1 amide bonds. The summed E-state index contributed by atoms with van der Waals surface area (Å²) >= 11 is 0. The number of sulfonamides is 1. The molecule has 1 aliphatic heterocycles. The molecule has 0 radical (unpaired) electrons. The lowest BCUT2D eigenvalue weighted by Gasteiger charge is -2.23. The number of nitrogens with one attached hydrogen (secondary N) is 3. The van der Waals surface area contributed by atoms with Crippen LogP contribution in [0, 0.1) is 6.92 Å². The Morgan fingerprint density at radius 1 is 1.15 bits per heavy atom. The molecule has 1 aliphatic rings. The molecule has 0 spiro atoms. The van der Waals surface area contributed by atoms with Crippen molar-refractivity contribution in [2.75, 3.05) is 17.8 Å². The van der Waals surface area contributed by atoms with E-state index in [0.29, 0.717) is 11.3 Å². The van der Waals surface area contributed by atoms with Crippen molar-refractivity contribution < 1.29 is 13.2 Å². The van der Waals surface area contributed by atoms with Crippen LogP contribution in [0.25, 0.3) is 0 Å². The zero-order chi connectivity index (χ0) is 18.6. The van der Waals surface area contributed by atoms with E-state index in [-0.39, 0.29) is 29.3 Å². The Hall–Kier alpha value is -2.09. The topological polar surface area (TPSA) is 87.3 Å². The minimum Gasteiger partial charge on any atom is -0.348 e. The third-order valence-corrected chi connectivity index (χ3v) is 5.69. The molecule has 1 atom stereocenters.